The quantitative estimate of drug-likeness (QED) is 0.850. The molecule has 1 unspecified atom stereocenters. The summed E-state index contributed by atoms with van der Waals surface area (Å²) in [5.41, 5.74) is 1.22. The molecule has 0 bridgehead atoms. The Morgan fingerprint density at radius 3 is 2.11 bits per heavy atom. The van der Waals surface area contributed by atoms with Gasteiger partial charge in [-0.1, -0.05) is 43.7 Å². The van der Waals surface area contributed by atoms with Crippen molar-refractivity contribution in [1.29, 1.82) is 0 Å². The van der Waals surface area contributed by atoms with E-state index in [-0.39, 0.29) is 0 Å². The standard InChI is InChI=1S/C16H19O2P/c1-2-3-7-14-10-12-16(13-11-14)19(17,18)15-8-5-4-6-9-15/h4-6,8-13H,2-3,7H2,1H3,(H,17,18). The van der Waals surface area contributed by atoms with Gasteiger partial charge in [-0.2, -0.15) is 0 Å². The van der Waals surface area contributed by atoms with Crippen LogP contribution in [0.2, 0.25) is 0 Å². The van der Waals surface area contributed by atoms with Gasteiger partial charge in [0.25, 0.3) is 7.37 Å². The average molecular weight is 274 g/mol. The van der Waals surface area contributed by atoms with Crippen LogP contribution in [0.25, 0.3) is 0 Å². The van der Waals surface area contributed by atoms with E-state index in [0.717, 1.165) is 19.3 Å². The van der Waals surface area contributed by atoms with Crippen molar-refractivity contribution in [3.05, 3.63) is 60.2 Å². The maximum atomic E-state index is 12.5. The van der Waals surface area contributed by atoms with Crippen molar-refractivity contribution in [3.63, 3.8) is 0 Å². The van der Waals surface area contributed by atoms with Crippen molar-refractivity contribution in [3.8, 4) is 0 Å². The Hall–Kier alpha value is -1.37. The molecular formula is C16H19O2P. The minimum atomic E-state index is -3.44. The smallest absolute Gasteiger partial charge is 0.258 e. The highest BCUT2D eigenvalue weighted by atomic mass is 31.2. The van der Waals surface area contributed by atoms with Gasteiger partial charge in [0.1, 0.15) is 0 Å². The Morgan fingerprint density at radius 1 is 0.947 bits per heavy atom. The van der Waals surface area contributed by atoms with Crippen LogP contribution < -0.4 is 10.6 Å². The predicted octanol–water partition coefficient (Wildman–Crippen LogP) is 3.25. The SMILES string of the molecule is CCCCc1ccc(P(=O)(O)c2ccccc2)cc1. The summed E-state index contributed by atoms with van der Waals surface area (Å²) in [5.74, 6) is 0. The fourth-order valence-electron chi connectivity index (χ4n) is 2.02. The summed E-state index contributed by atoms with van der Waals surface area (Å²) in [4.78, 5) is 10.3. The van der Waals surface area contributed by atoms with Crippen LogP contribution in [-0.4, -0.2) is 4.89 Å². The zero-order chi connectivity index (χ0) is 13.7. The van der Waals surface area contributed by atoms with E-state index in [1.807, 2.05) is 18.2 Å². The lowest BCUT2D eigenvalue weighted by molar-refractivity contribution is 0.501. The van der Waals surface area contributed by atoms with Crippen LogP contribution in [0.1, 0.15) is 25.3 Å². The summed E-state index contributed by atoms with van der Waals surface area (Å²) in [6.45, 7) is 2.16. The van der Waals surface area contributed by atoms with E-state index in [1.54, 1.807) is 36.4 Å². The number of hydrogen-bond donors (Lipinski definition) is 1. The van der Waals surface area contributed by atoms with Gasteiger partial charge in [0, 0.05) is 10.6 Å². The van der Waals surface area contributed by atoms with Gasteiger partial charge in [-0.15, -0.1) is 0 Å². The van der Waals surface area contributed by atoms with Gasteiger partial charge in [0.15, 0.2) is 0 Å². The number of rotatable bonds is 5. The zero-order valence-electron chi connectivity index (χ0n) is 11.1. The number of aryl methyl sites for hydroxylation is 1. The fraction of sp³-hybridized carbons (Fsp3) is 0.250. The highest BCUT2D eigenvalue weighted by molar-refractivity contribution is 7.73. The van der Waals surface area contributed by atoms with Crippen molar-refractivity contribution in [2.45, 2.75) is 26.2 Å². The molecule has 2 rings (SSSR count). The van der Waals surface area contributed by atoms with Crippen LogP contribution >= 0.6 is 7.37 Å². The molecule has 1 N–H and O–H groups in total. The highest BCUT2D eigenvalue weighted by Gasteiger charge is 2.23. The number of benzene rings is 2. The summed E-state index contributed by atoms with van der Waals surface area (Å²) in [6, 6.07) is 16.3. The molecule has 0 saturated heterocycles. The van der Waals surface area contributed by atoms with Gasteiger partial charge in [-0.3, -0.25) is 4.57 Å². The van der Waals surface area contributed by atoms with Gasteiger partial charge in [-0.25, -0.2) is 0 Å². The highest BCUT2D eigenvalue weighted by Crippen LogP contribution is 2.37. The lowest BCUT2D eigenvalue weighted by atomic mass is 10.1. The molecule has 0 aliphatic heterocycles. The van der Waals surface area contributed by atoms with Crippen molar-refractivity contribution < 1.29 is 9.46 Å². The molecule has 1 atom stereocenters. The van der Waals surface area contributed by atoms with Gasteiger partial charge < -0.3 is 4.89 Å². The van der Waals surface area contributed by atoms with Crippen molar-refractivity contribution in [2.24, 2.45) is 0 Å². The van der Waals surface area contributed by atoms with Crippen LogP contribution in [-0.2, 0) is 11.0 Å². The van der Waals surface area contributed by atoms with Crippen molar-refractivity contribution in [1.82, 2.24) is 0 Å². The van der Waals surface area contributed by atoms with E-state index in [2.05, 4.69) is 6.92 Å². The third-order valence-electron chi connectivity index (χ3n) is 3.21. The zero-order valence-corrected chi connectivity index (χ0v) is 12.0. The Bertz CT molecular complexity index is 561. The second-order valence-electron chi connectivity index (χ2n) is 4.68. The van der Waals surface area contributed by atoms with Crippen molar-refractivity contribution >= 4 is 18.0 Å². The van der Waals surface area contributed by atoms with Crippen molar-refractivity contribution in [2.75, 3.05) is 0 Å². The molecule has 0 aromatic heterocycles. The third kappa shape index (κ3) is 3.34. The van der Waals surface area contributed by atoms with E-state index < -0.39 is 7.37 Å². The summed E-state index contributed by atoms with van der Waals surface area (Å²) in [7, 11) is -3.44. The molecule has 2 aromatic carbocycles. The van der Waals surface area contributed by atoms with E-state index >= 15 is 0 Å². The van der Waals surface area contributed by atoms with Gasteiger partial charge in [0.2, 0.25) is 0 Å². The molecule has 0 spiro atoms. The fourth-order valence-corrected chi connectivity index (χ4v) is 3.45. The number of hydrogen-bond acceptors (Lipinski definition) is 1. The predicted molar refractivity (Wildman–Crippen MR) is 80.6 cm³/mol. The second kappa shape index (κ2) is 6.18. The topological polar surface area (TPSA) is 37.3 Å². The van der Waals surface area contributed by atoms with Gasteiger partial charge in [0.05, 0.1) is 0 Å². The van der Waals surface area contributed by atoms with Gasteiger partial charge in [-0.05, 0) is 42.7 Å². The molecule has 100 valence electrons. The average Bonchev–Trinajstić information content (AvgIpc) is 2.46. The Kier molecular flexibility index (Phi) is 4.57. The summed E-state index contributed by atoms with van der Waals surface area (Å²) < 4.78 is 12.5. The molecule has 0 radical (unpaired) electrons. The summed E-state index contributed by atoms with van der Waals surface area (Å²) >= 11 is 0. The van der Waals surface area contributed by atoms with Crippen LogP contribution in [0.4, 0.5) is 0 Å². The monoisotopic (exact) mass is 274 g/mol. The molecule has 2 nitrogen and oxygen atoms in total. The summed E-state index contributed by atoms with van der Waals surface area (Å²) in [5, 5.41) is 0.982. The Labute approximate surface area is 114 Å². The molecule has 19 heavy (non-hydrogen) atoms. The first-order valence-electron chi connectivity index (χ1n) is 6.62. The minimum absolute atomic E-state index is 0.483. The number of unbranched alkanes of at least 4 members (excludes halogenated alkanes) is 1. The van der Waals surface area contributed by atoms with Crippen LogP contribution in [0.15, 0.2) is 54.6 Å². The largest absolute Gasteiger partial charge is 0.338 e. The first kappa shape index (κ1) is 14.0. The lowest BCUT2D eigenvalue weighted by Crippen LogP contribution is -2.15. The van der Waals surface area contributed by atoms with E-state index in [1.165, 1.54) is 5.56 Å². The van der Waals surface area contributed by atoms with E-state index in [0.29, 0.717) is 10.6 Å². The van der Waals surface area contributed by atoms with E-state index in [9.17, 15) is 9.46 Å². The molecule has 0 aliphatic rings. The van der Waals surface area contributed by atoms with Gasteiger partial charge >= 0.3 is 0 Å². The lowest BCUT2D eigenvalue weighted by Gasteiger charge is -2.12. The molecule has 0 amide bonds. The van der Waals surface area contributed by atoms with Crippen LogP contribution in [0, 0.1) is 0 Å². The summed E-state index contributed by atoms with van der Waals surface area (Å²) in [6.07, 6.45) is 3.33. The second-order valence-corrected chi connectivity index (χ2v) is 6.87. The third-order valence-corrected chi connectivity index (χ3v) is 5.21. The first-order chi connectivity index (χ1) is 9.14. The minimum Gasteiger partial charge on any atom is -0.338 e. The van der Waals surface area contributed by atoms with E-state index in [4.69, 9.17) is 0 Å². The van der Waals surface area contributed by atoms with Crippen LogP contribution in [0.5, 0.6) is 0 Å². The maximum Gasteiger partial charge on any atom is 0.258 e. The van der Waals surface area contributed by atoms with Crippen LogP contribution in [0.3, 0.4) is 0 Å². The normalized spacial score (nSPS) is 14.0. The molecular weight excluding hydrogens is 255 g/mol. The maximum absolute atomic E-state index is 12.5. The Balaban J connectivity index is 2.24. The molecule has 2 aromatic rings. The first-order valence-corrected chi connectivity index (χ1v) is 8.28. The Morgan fingerprint density at radius 2 is 1.53 bits per heavy atom. The molecule has 0 saturated carbocycles. The molecule has 0 heterocycles. The molecule has 0 aliphatic carbocycles. The molecule has 3 heteroatoms. The molecule has 0 fully saturated rings.